The number of aryl methyl sites for hydroxylation is 1. The third kappa shape index (κ3) is 4.40. The molecule has 1 saturated heterocycles. The van der Waals surface area contributed by atoms with Crippen molar-refractivity contribution < 1.29 is 27.4 Å². The number of hydrogen-bond acceptors (Lipinski definition) is 8. The number of piperidine rings is 1. The summed E-state index contributed by atoms with van der Waals surface area (Å²) in [4.78, 5) is 23.5. The van der Waals surface area contributed by atoms with E-state index < -0.39 is 21.7 Å². The van der Waals surface area contributed by atoms with E-state index in [4.69, 9.17) is 4.74 Å². The summed E-state index contributed by atoms with van der Waals surface area (Å²) in [6.07, 6.45) is 1.43. The molecule has 1 fully saturated rings. The number of fused-ring (bicyclic) bond motifs is 1. The lowest BCUT2D eigenvalue weighted by Gasteiger charge is -2.40. The van der Waals surface area contributed by atoms with Crippen LogP contribution >= 0.6 is 0 Å². The highest BCUT2D eigenvalue weighted by Crippen LogP contribution is 2.39. The minimum absolute atomic E-state index is 0.0631. The van der Waals surface area contributed by atoms with Crippen LogP contribution < -0.4 is 15.0 Å². The van der Waals surface area contributed by atoms with E-state index in [1.54, 1.807) is 6.92 Å². The smallest absolute Gasteiger partial charge is 0.407 e. The van der Waals surface area contributed by atoms with E-state index in [1.165, 1.54) is 17.0 Å². The highest BCUT2D eigenvalue weighted by atomic mass is 32.2. The van der Waals surface area contributed by atoms with Gasteiger partial charge < -0.3 is 25.0 Å². The van der Waals surface area contributed by atoms with Crippen LogP contribution in [0, 0.1) is 12.7 Å². The molecule has 0 saturated carbocycles. The number of halogens is 1. The highest BCUT2D eigenvalue weighted by Gasteiger charge is 2.33. The first-order valence-electron chi connectivity index (χ1n) is 10.2. The van der Waals surface area contributed by atoms with Gasteiger partial charge in [-0.2, -0.15) is 0 Å². The summed E-state index contributed by atoms with van der Waals surface area (Å²) in [5.41, 5.74) is 0.0631. The number of sulfone groups is 1. The van der Waals surface area contributed by atoms with E-state index in [9.17, 15) is 22.7 Å². The molecular formula is C20H24FN5O5S. The van der Waals surface area contributed by atoms with Crippen LogP contribution in [0.4, 0.5) is 26.5 Å². The van der Waals surface area contributed by atoms with E-state index >= 15 is 0 Å². The van der Waals surface area contributed by atoms with E-state index in [0.717, 1.165) is 12.3 Å². The first kappa shape index (κ1) is 22.1. The zero-order chi connectivity index (χ0) is 23.0. The number of rotatable bonds is 4. The summed E-state index contributed by atoms with van der Waals surface area (Å²) in [5.74, 6) is 0.970. The van der Waals surface area contributed by atoms with Crippen LogP contribution in [0.1, 0.15) is 18.7 Å². The van der Waals surface area contributed by atoms with Crippen molar-refractivity contribution in [3.8, 4) is 5.75 Å². The fourth-order valence-corrected chi connectivity index (χ4v) is 4.62. The lowest BCUT2D eigenvalue weighted by atomic mass is 10.0. The SMILES string of the molecule is Cc1nc(Nc2ccc(S(C)(=O)=O)cc2F)c2c(n1)N(C1CCN(C(=O)O)CC1)CCO2. The molecule has 1 aromatic carbocycles. The van der Waals surface area contributed by atoms with Gasteiger partial charge in [-0.15, -0.1) is 0 Å². The summed E-state index contributed by atoms with van der Waals surface area (Å²) in [6.45, 7) is 3.58. The molecule has 0 unspecified atom stereocenters. The largest absolute Gasteiger partial charge is 0.485 e. The fourth-order valence-electron chi connectivity index (χ4n) is 3.99. The zero-order valence-corrected chi connectivity index (χ0v) is 18.5. The summed E-state index contributed by atoms with van der Waals surface area (Å²) < 4.78 is 43.8. The molecule has 0 spiro atoms. The van der Waals surface area contributed by atoms with Crippen molar-refractivity contribution in [2.45, 2.75) is 30.7 Å². The van der Waals surface area contributed by atoms with Crippen LogP contribution in [0.25, 0.3) is 0 Å². The number of benzene rings is 1. The van der Waals surface area contributed by atoms with Gasteiger partial charge in [-0.25, -0.2) is 27.6 Å². The van der Waals surface area contributed by atoms with Crippen molar-refractivity contribution in [3.63, 3.8) is 0 Å². The number of carboxylic acid groups (broad SMARTS) is 1. The summed E-state index contributed by atoms with van der Waals surface area (Å²) in [6, 6.07) is 3.73. The second kappa shape index (κ2) is 8.41. The molecule has 172 valence electrons. The number of aromatic nitrogens is 2. The van der Waals surface area contributed by atoms with Crippen molar-refractivity contribution in [2.75, 3.05) is 42.7 Å². The van der Waals surface area contributed by atoms with Crippen molar-refractivity contribution in [1.29, 1.82) is 0 Å². The topological polar surface area (TPSA) is 125 Å². The molecule has 4 rings (SSSR count). The molecule has 12 heteroatoms. The number of carbonyl (C=O) groups is 1. The van der Waals surface area contributed by atoms with Crippen LogP contribution in [-0.4, -0.2) is 73.0 Å². The molecule has 2 N–H and O–H groups in total. The molecule has 0 aliphatic carbocycles. The molecule has 0 radical (unpaired) electrons. The van der Waals surface area contributed by atoms with Crippen LogP contribution in [-0.2, 0) is 9.84 Å². The summed E-state index contributed by atoms with van der Waals surface area (Å²) >= 11 is 0. The zero-order valence-electron chi connectivity index (χ0n) is 17.7. The van der Waals surface area contributed by atoms with E-state index in [-0.39, 0.29) is 22.4 Å². The number of likely N-dealkylation sites (tertiary alicyclic amines) is 1. The molecule has 1 aromatic heterocycles. The molecule has 1 amide bonds. The normalized spacial score (nSPS) is 17.0. The van der Waals surface area contributed by atoms with Gasteiger partial charge in [0, 0.05) is 25.4 Å². The minimum Gasteiger partial charge on any atom is -0.485 e. The Morgan fingerprint density at radius 1 is 1.25 bits per heavy atom. The average Bonchev–Trinajstić information content (AvgIpc) is 2.74. The molecule has 0 atom stereocenters. The number of hydrogen-bond donors (Lipinski definition) is 2. The Labute approximate surface area is 184 Å². The van der Waals surface area contributed by atoms with Gasteiger partial charge in [0.05, 0.1) is 17.1 Å². The summed E-state index contributed by atoms with van der Waals surface area (Å²) in [7, 11) is -3.53. The molecule has 2 aliphatic heterocycles. The van der Waals surface area contributed by atoms with E-state index in [0.29, 0.717) is 56.5 Å². The maximum absolute atomic E-state index is 14.6. The van der Waals surface area contributed by atoms with Gasteiger partial charge in [-0.3, -0.25) is 0 Å². The molecule has 0 bridgehead atoms. The monoisotopic (exact) mass is 465 g/mol. The van der Waals surface area contributed by atoms with Gasteiger partial charge in [0.2, 0.25) is 5.75 Å². The minimum atomic E-state index is -3.53. The lowest BCUT2D eigenvalue weighted by Crippen LogP contribution is -2.49. The Morgan fingerprint density at radius 2 is 1.97 bits per heavy atom. The van der Waals surface area contributed by atoms with Crippen LogP contribution in [0.2, 0.25) is 0 Å². The number of amides is 1. The van der Waals surface area contributed by atoms with Gasteiger partial charge in [0.25, 0.3) is 0 Å². The second-order valence-electron chi connectivity index (χ2n) is 7.85. The van der Waals surface area contributed by atoms with Crippen LogP contribution in [0.3, 0.4) is 0 Å². The Morgan fingerprint density at radius 3 is 2.59 bits per heavy atom. The Balaban J connectivity index is 1.62. The van der Waals surface area contributed by atoms with E-state index in [2.05, 4.69) is 20.2 Å². The molecule has 3 heterocycles. The molecule has 32 heavy (non-hydrogen) atoms. The third-order valence-electron chi connectivity index (χ3n) is 5.61. The van der Waals surface area contributed by atoms with Crippen molar-refractivity contribution in [3.05, 3.63) is 29.8 Å². The van der Waals surface area contributed by atoms with Crippen LogP contribution in [0.5, 0.6) is 5.75 Å². The third-order valence-corrected chi connectivity index (χ3v) is 6.72. The van der Waals surface area contributed by atoms with Crippen molar-refractivity contribution in [2.24, 2.45) is 0 Å². The van der Waals surface area contributed by atoms with Crippen molar-refractivity contribution >= 4 is 33.3 Å². The fraction of sp³-hybridized carbons (Fsp3) is 0.450. The first-order valence-corrected chi connectivity index (χ1v) is 12.0. The average molecular weight is 466 g/mol. The number of ether oxygens (including phenoxy) is 1. The van der Waals surface area contributed by atoms with Crippen molar-refractivity contribution in [1.82, 2.24) is 14.9 Å². The molecule has 2 aromatic rings. The Hall–Kier alpha value is -3.15. The standard InChI is InChI=1S/C20H24FN5O5S/c1-12-22-18(24-16-4-3-14(11-15(16)21)32(2,29)30)17-19(23-12)26(9-10-31-17)13-5-7-25(8-6-13)20(27)28/h3-4,11,13H,5-10H2,1-2H3,(H,27,28)(H,22,23,24). The first-order chi connectivity index (χ1) is 15.1. The molecule has 10 nitrogen and oxygen atoms in total. The van der Waals surface area contributed by atoms with Gasteiger partial charge in [0.1, 0.15) is 18.2 Å². The number of nitrogens with zero attached hydrogens (tertiary/aromatic N) is 4. The molecule has 2 aliphatic rings. The predicted molar refractivity (Wildman–Crippen MR) is 115 cm³/mol. The molecular weight excluding hydrogens is 441 g/mol. The predicted octanol–water partition coefficient (Wildman–Crippen LogP) is 2.41. The van der Waals surface area contributed by atoms with Crippen LogP contribution in [0.15, 0.2) is 23.1 Å². The second-order valence-corrected chi connectivity index (χ2v) is 9.87. The maximum Gasteiger partial charge on any atom is 0.407 e. The number of nitrogens with one attached hydrogen (secondary N) is 1. The van der Waals surface area contributed by atoms with Gasteiger partial charge in [-0.05, 0) is 38.0 Å². The Kier molecular flexibility index (Phi) is 5.80. The number of anilines is 3. The van der Waals surface area contributed by atoms with Gasteiger partial charge >= 0.3 is 6.09 Å². The highest BCUT2D eigenvalue weighted by molar-refractivity contribution is 7.90. The van der Waals surface area contributed by atoms with Gasteiger partial charge in [0.15, 0.2) is 21.5 Å². The Bertz CT molecular complexity index is 1150. The lowest BCUT2D eigenvalue weighted by molar-refractivity contribution is 0.130. The van der Waals surface area contributed by atoms with E-state index in [1.807, 2.05) is 0 Å². The summed E-state index contributed by atoms with van der Waals surface area (Å²) in [5, 5.41) is 12.1. The van der Waals surface area contributed by atoms with Gasteiger partial charge in [-0.1, -0.05) is 0 Å². The quantitative estimate of drug-likeness (QED) is 0.700. The maximum atomic E-state index is 14.6.